The largest absolute Gasteiger partial charge is 0.481 e. The predicted molar refractivity (Wildman–Crippen MR) is 76.5 cm³/mol. The Morgan fingerprint density at radius 3 is 2.50 bits per heavy atom. The molecule has 5 heteroatoms. The van der Waals surface area contributed by atoms with E-state index in [-0.39, 0.29) is 17.9 Å². The van der Waals surface area contributed by atoms with Gasteiger partial charge in [0.05, 0.1) is 5.92 Å². The summed E-state index contributed by atoms with van der Waals surface area (Å²) in [4.78, 5) is 27.0. The summed E-state index contributed by atoms with van der Waals surface area (Å²) in [5.74, 6) is -0.244. The molecule has 2 fully saturated rings. The molecule has 2 heterocycles. The third-order valence-electron chi connectivity index (χ3n) is 4.97. The van der Waals surface area contributed by atoms with E-state index in [9.17, 15) is 9.59 Å². The molecule has 2 rings (SSSR count). The third kappa shape index (κ3) is 3.25. The minimum absolute atomic E-state index is 0.107. The molecule has 2 aliphatic heterocycles. The number of carboxylic acids is 1. The Morgan fingerprint density at radius 1 is 1.20 bits per heavy atom. The standard InChI is InChI=1S/C15H26N2O3/c1-3-12-5-4-7-16(8-6-12)15(20)17-9-13(10-17)11(2)14(18)19/h11-13H,3-10H2,1-2H3,(H,18,19). The highest BCUT2D eigenvalue weighted by Crippen LogP contribution is 2.27. The Balaban J connectivity index is 1.80. The van der Waals surface area contributed by atoms with Gasteiger partial charge in [0.25, 0.3) is 0 Å². The van der Waals surface area contributed by atoms with Crippen LogP contribution in [-0.4, -0.2) is 53.1 Å². The van der Waals surface area contributed by atoms with Gasteiger partial charge in [-0.15, -0.1) is 0 Å². The van der Waals surface area contributed by atoms with Crippen molar-refractivity contribution in [1.29, 1.82) is 0 Å². The van der Waals surface area contributed by atoms with E-state index in [0.717, 1.165) is 31.8 Å². The number of carboxylic acid groups (broad SMARTS) is 1. The lowest BCUT2D eigenvalue weighted by Crippen LogP contribution is -2.57. The molecule has 0 radical (unpaired) electrons. The number of hydrogen-bond acceptors (Lipinski definition) is 2. The van der Waals surface area contributed by atoms with E-state index >= 15 is 0 Å². The van der Waals surface area contributed by atoms with Crippen LogP contribution < -0.4 is 0 Å². The Hall–Kier alpha value is -1.26. The minimum atomic E-state index is -0.761. The summed E-state index contributed by atoms with van der Waals surface area (Å²) in [6.07, 6.45) is 4.61. The van der Waals surface area contributed by atoms with Crippen LogP contribution in [0.2, 0.25) is 0 Å². The second-order valence-corrected chi connectivity index (χ2v) is 6.27. The first-order valence-electron chi connectivity index (χ1n) is 7.79. The number of carbonyl (C=O) groups is 2. The fourth-order valence-electron chi connectivity index (χ4n) is 3.15. The van der Waals surface area contributed by atoms with Crippen molar-refractivity contribution in [3.05, 3.63) is 0 Å². The van der Waals surface area contributed by atoms with E-state index < -0.39 is 5.97 Å². The van der Waals surface area contributed by atoms with Gasteiger partial charge in [-0.3, -0.25) is 4.79 Å². The van der Waals surface area contributed by atoms with Gasteiger partial charge in [0.2, 0.25) is 0 Å². The molecule has 114 valence electrons. The van der Waals surface area contributed by atoms with Crippen LogP contribution in [0, 0.1) is 17.8 Å². The second-order valence-electron chi connectivity index (χ2n) is 6.27. The molecule has 2 unspecified atom stereocenters. The highest BCUT2D eigenvalue weighted by atomic mass is 16.4. The van der Waals surface area contributed by atoms with E-state index in [0.29, 0.717) is 13.1 Å². The van der Waals surface area contributed by atoms with Gasteiger partial charge in [0, 0.05) is 32.1 Å². The molecule has 2 saturated heterocycles. The van der Waals surface area contributed by atoms with Crippen LogP contribution in [0.15, 0.2) is 0 Å². The Morgan fingerprint density at radius 2 is 1.90 bits per heavy atom. The molecule has 2 atom stereocenters. The molecular weight excluding hydrogens is 256 g/mol. The minimum Gasteiger partial charge on any atom is -0.481 e. The van der Waals surface area contributed by atoms with Crippen LogP contribution in [-0.2, 0) is 4.79 Å². The molecule has 2 aliphatic rings. The number of urea groups is 1. The molecule has 0 aliphatic carbocycles. The van der Waals surface area contributed by atoms with E-state index in [2.05, 4.69) is 6.92 Å². The summed E-state index contributed by atoms with van der Waals surface area (Å²) < 4.78 is 0. The van der Waals surface area contributed by atoms with Crippen LogP contribution in [0.25, 0.3) is 0 Å². The molecule has 0 aromatic heterocycles. The van der Waals surface area contributed by atoms with Gasteiger partial charge in [0.15, 0.2) is 0 Å². The first-order valence-corrected chi connectivity index (χ1v) is 7.79. The summed E-state index contributed by atoms with van der Waals surface area (Å²) in [7, 11) is 0. The smallest absolute Gasteiger partial charge is 0.320 e. The number of rotatable bonds is 3. The molecule has 0 spiro atoms. The maximum Gasteiger partial charge on any atom is 0.320 e. The van der Waals surface area contributed by atoms with Crippen LogP contribution in [0.3, 0.4) is 0 Å². The van der Waals surface area contributed by atoms with Crippen molar-refractivity contribution in [2.24, 2.45) is 17.8 Å². The lowest BCUT2D eigenvalue weighted by Gasteiger charge is -2.43. The van der Waals surface area contributed by atoms with Crippen molar-refractivity contribution < 1.29 is 14.7 Å². The third-order valence-corrected chi connectivity index (χ3v) is 4.97. The molecule has 1 N–H and O–H groups in total. The highest BCUT2D eigenvalue weighted by molar-refractivity contribution is 5.76. The van der Waals surface area contributed by atoms with Gasteiger partial charge < -0.3 is 14.9 Å². The molecule has 0 saturated carbocycles. The quantitative estimate of drug-likeness (QED) is 0.863. The second kappa shape index (κ2) is 6.46. The van der Waals surface area contributed by atoms with Crippen molar-refractivity contribution in [1.82, 2.24) is 9.80 Å². The average Bonchev–Trinajstić information content (AvgIpc) is 2.61. The van der Waals surface area contributed by atoms with Crippen molar-refractivity contribution >= 4 is 12.0 Å². The average molecular weight is 282 g/mol. The normalized spacial score (nSPS) is 25.8. The van der Waals surface area contributed by atoms with Gasteiger partial charge in [-0.1, -0.05) is 20.3 Å². The van der Waals surface area contributed by atoms with Gasteiger partial charge in [-0.05, 0) is 25.2 Å². The maximum atomic E-state index is 12.4. The summed E-state index contributed by atoms with van der Waals surface area (Å²) >= 11 is 0. The fourth-order valence-corrected chi connectivity index (χ4v) is 3.15. The molecule has 5 nitrogen and oxygen atoms in total. The van der Waals surface area contributed by atoms with Crippen molar-refractivity contribution in [2.45, 2.75) is 39.5 Å². The summed E-state index contributed by atoms with van der Waals surface area (Å²) in [6, 6.07) is 0.107. The van der Waals surface area contributed by atoms with Crippen LogP contribution in [0.5, 0.6) is 0 Å². The number of hydrogen-bond donors (Lipinski definition) is 1. The van der Waals surface area contributed by atoms with Crippen molar-refractivity contribution in [3.63, 3.8) is 0 Å². The van der Waals surface area contributed by atoms with Gasteiger partial charge in [0.1, 0.15) is 0 Å². The van der Waals surface area contributed by atoms with Gasteiger partial charge >= 0.3 is 12.0 Å². The fraction of sp³-hybridized carbons (Fsp3) is 0.867. The first-order chi connectivity index (χ1) is 9.52. The van der Waals surface area contributed by atoms with Crippen molar-refractivity contribution in [3.8, 4) is 0 Å². The van der Waals surface area contributed by atoms with Crippen molar-refractivity contribution in [2.75, 3.05) is 26.2 Å². The number of aliphatic carboxylic acids is 1. The molecule has 0 bridgehead atoms. The van der Waals surface area contributed by atoms with Gasteiger partial charge in [-0.2, -0.15) is 0 Å². The maximum absolute atomic E-state index is 12.4. The summed E-state index contributed by atoms with van der Waals surface area (Å²) in [5, 5.41) is 8.97. The molecule has 2 amide bonds. The van der Waals surface area contributed by atoms with E-state index in [1.165, 1.54) is 12.8 Å². The molecule has 0 aromatic rings. The number of carbonyl (C=O) groups excluding carboxylic acids is 1. The Labute approximate surface area is 120 Å². The van der Waals surface area contributed by atoms with Gasteiger partial charge in [-0.25, -0.2) is 4.79 Å². The SMILES string of the molecule is CCC1CCCN(C(=O)N2CC(C(C)C(=O)O)C2)CC1. The van der Waals surface area contributed by atoms with Crippen LogP contribution >= 0.6 is 0 Å². The lowest BCUT2D eigenvalue weighted by molar-refractivity contribution is -0.144. The zero-order chi connectivity index (χ0) is 14.7. The zero-order valence-corrected chi connectivity index (χ0v) is 12.5. The van der Waals surface area contributed by atoms with E-state index in [4.69, 9.17) is 5.11 Å². The number of nitrogens with zero attached hydrogens (tertiary/aromatic N) is 2. The monoisotopic (exact) mass is 282 g/mol. The topological polar surface area (TPSA) is 60.9 Å². The zero-order valence-electron chi connectivity index (χ0n) is 12.5. The highest BCUT2D eigenvalue weighted by Gasteiger charge is 2.38. The van der Waals surface area contributed by atoms with E-state index in [1.54, 1.807) is 11.8 Å². The molecule has 20 heavy (non-hydrogen) atoms. The van der Waals surface area contributed by atoms with Crippen LogP contribution in [0.4, 0.5) is 4.79 Å². The van der Waals surface area contributed by atoms with E-state index in [1.807, 2.05) is 4.90 Å². The first kappa shape index (κ1) is 15.1. The lowest BCUT2D eigenvalue weighted by atomic mass is 9.87. The predicted octanol–water partition coefficient (Wildman–Crippen LogP) is 2.27. The summed E-state index contributed by atoms with van der Waals surface area (Å²) in [5.41, 5.74) is 0. The Kier molecular flexibility index (Phi) is 4.89. The number of amides is 2. The van der Waals surface area contributed by atoms with Crippen LogP contribution in [0.1, 0.15) is 39.5 Å². The summed E-state index contributed by atoms with van der Waals surface area (Å²) in [6.45, 7) is 6.85. The Bertz CT molecular complexity index is 366. The molecular formula is C15H26N2O3. The number of likely N-dealkylation sites (tertiary alicyclic amines) is 2. The molecule has 0 aromatic carbocycles.